The minimum absolute atomic E-state index is 0.187. The second kappa shape index (κ2) is 5.61. The lowest BCUT2D eigenvalue weighted by molar-refractivity contribution is 0.0526. The standard InChI is InChI=1S/C13H17NO4S/c1-2-18-13(15)11-5-7-12(8-6-11)14-9-3-4-10-19(14,16)17/h5-8H,2-4,9-10H2,1H3. The van der Waals surface area contributed by atoms with Crippen molar-refractivity contribution in [2.24, 2.45) is 0 Å². The summed E-state index contributed by atoms with van der Waals surface area (Å²) in [6.45, 7) is 2.56. The van der Waals surface area contributed by atoms with Crippen molar-refractivity contribution in [1.29, 1.82) is 0 Å². The minimum atomic E-state index is -3.20. The van der Waals surface area contributed by atoms with Crippen molar-refractivity contribution in [2.45, 2.75) is 19.8 Å². The number of hydrogen-bond acceptors (Lipinski definition) is 4. The molecule has 0 unspecified atom stereocenters. The largest absolute Gasteiger partial charge is 0.462 e. The van der Waals surface area contributed by atoms with E-state index in [1.54, 1.807) is 31.2 Å². The van der Waals surface area contributed by atoms with Crippen LogP contribution in [0.2, 0.25) is 0 Å². The smallest absolute Gasteiger partial charge is 0.338 e. The Morgan fingerprint density at radius 2 is 1.95 bits per heavy atom. The van der Waals surface area contributed by atoms with E-state index >= 15 is 0 Å². The van der Waals surface area contributed by atoms with E-state index < -0.39 is 16.0 Å². The van der Waals surface area contributed by atoms with Crippen LogP contribution in [0.15, 0.2) is 24.3 Å². The Bertz CT molecular complexity index is 551. The van der Waals surface area contributed by atoms with Crippen molar-refractivity contribution in [1.82, 2.24) is 0 Å². The summed E-state index contributed by atoms with van der Waals surface area (Å²) < 4.78 is 30.2. The maximum atomic E-state index is 11.9. The van der Waals surface area contributed by atoms with Gasteiger partial charge in [0.1, 0.15) is 0 Å². The normalized spacial score (nSPS) is 18.1. The third-order valence-electron chi connectivity index (χ3n) is 3.02. The Morgan fingerprint density at radius 1 is 1.26 bits per heavy atom. The van der Waals surface area contributed by atoms with Crippen LogP contribution in [-0.2, 0) is 14.8 Å². The highest BCUT2D eigenvalue weighted by atomic mass is 32.2. The first-order valence-electron chi connectivity index (χ1n) is 6.32. The van der Waals surface area contributed by atoms with E-state index in [0.29, 0.717) is 30.8 Å². The van der Waals surface area contributed by atoms with E-state index in [1.165, 1.54) is 4.31 Å². The zero-order valence-corrected chi connectivity index (χ0v) is 11.6. The van der Waals surface area contributed by atoms with Crippen LogP contribution in [0, 0.1) is 0 Å². The van der Waals surface area contributed by atoms with Gasteiger partial charge in [0.05, 0.1) is 23.6 Å². The molecule has 1 aromatic carbocycles. The molecule has 1 aliphatic heterocycles. The Hall–Kier alpha value is -1.56. The fraction of sp³-hybridized carbons (Fsp3) is 0.462. The fourth-order valence-electron chi connectivity index (χ4n) is 2.06. The van der Waals surface area contributed by atoms with Crippen LogP contribution in [0.25, 0.3) is 0 Å². The van der Waals surface area contributed by atoms with Gasteiger partial charge in [0.25, 0.3) is 0 Å². The molecule has 1 fully saturated rings. The number of rotatable bonds is 3. The van der Waals surface area contributed by atoms with Gasteiger partial charge in [-0.3, -0.25) is 4.31 Å². The van der Waals surface area contributed by atoms with Crippen LogP contribution in [0.4, 0.5) is 5.69 Å². The SMILES string of the molecule is CCOC(=O)c1ccc(N2CCCCS2(=O)=O)cc1. The van der Waals surface area contributed by atoms with Gasteiger partial charge >= 0.3 is 5.97 Å². The molecule has 104 valence electrons. The first-order chi connectivity index (χ1) is 9.04. The highest BCUT2D eigenvalue weighted by Gasteiger charge is 2.25. The number of carbonyl (C=O) groups excluding carboxylic acids is 1. The van der Waals surface area contributed by atoms with Crippen LogP contribution in [-0.4, -0.2) is 33.3 Å². The zero-order chi connectivity index (χ0) is 13.9. The van der Waals surface area contributed by atoms with Crippen molar-refractivity contribution in [3.63, 3.8) is 0 Å². The molecule has 0 radical (unpaired) electrons. The zero-order valence-electron chi connectivity index (χ0n) is 10.8. The van der Waals surface area contributed by atoms with Crippen molar-refractivity contribution in [3.8, 4) is 0 Å². The Balaban J connectivity index is 2.20. The molecule has 0 amide bonds. The summed E-state index contributed by atoms with van der Waals surface area (Å²) in [5, 5.41) is 0. The second-order valence-corrected chi connectivity index (χ2v) is 6.38. The first kappa shape index (κ1) is 13.9. The molecule has 0 aliphatic carbocycles. The Morgan fingerprint density at radius 3 is 2.53 bits per heavy atom. The maximum Gasteiger partial charge on any atom is 0.338 e. The molecule has 6 heteroatoms. The summed E-state index contributed by atoms with van der Waals surface area (Å²) in [5.41, 5.74) is 1.03. The lowest BCUT2D eigenvalue weighted by Crippen LogP contribution is -2.37. The third-order valence-corrected chi connectivity index (χ3v) is 4.89. The Labute approximate surface area is 113 Å². The molecule has 0 aromatic heterocycles. The number of anilines is 1. The van der Waals surface area contributed by atoms with Crippen LogP contribution < -0.4 is 4.31 Å². The number of ether oxygens (including phenoxy) is 1. The molecule has 0 N–H and O–H groups in total. The number of hydrogen-bond donors (Lipinski definition) is 0. The van der Waals surface area contributed by atoms with E-state index in [0.717, 1.165) is 6.42 Å². The van der Waals surface area contributed by atoms with E-state index in [-0.39, 0.29) is 5.75 Å². The predicted molar refractivity (Wildman–Crippen MR) is 72.8 cm³/mol. The molecule has 1 aliphatic rings. The van der Waals surface area contributed by atoms with Gasteiger partial charge < -0.3 is 4.74 Å². The first-order valence-corrected chi connectivity index (χ1v) is 7.93. The van der Waals surface area contributed by atoms with Gasteiger partial charge in [-0.1, -0.05) is 0 Å². The van der Waals surface area contributed by atoms with Crippen LogP contribution >= 0.6 is 0 Å². The topological polar surface area (TPSA) is 63.7 Å². The van der Waals surface area contributed by atoms with Gasteiger partial charge in [0.2, 0.25) is 10.0 Å². The summed E-state index contributed by atoms with van der Waals surface area (Å²) in [6.07, 6.45) is 1.57. The monoisotopic (exact) mass is 283 g/mol. The summed E-state index contributed by atoms with van der Waals surface area (Å²) in [6, 6.07) is 6.49. The van der Waals surface area contributed by atoms with Gasteiger partial charge in [-0.2, -0.15) is 0 Å². The highest BCUT2D eigenvalue weighted by molar-refractivity contribution is 7.92. The molecule has 1 aromatic rings. The summed E-state index contributed by atoms with van der Waals surface area (Å²) >= 11 is 0. The van der Waals surface area contributed by atoms with Crippen molar-refractivity contribution < 1.29 is 17.9 Å². The molecule has 1 saturated heterocycles. The van der Waals surface area contributed by atoms with Gasteiger partial charge in [-0.05, 0) is 44.0 Å². The molecule has 0 bridgehead atoms. The van der Waals surface area contributed by atoms with Gasteiger partial charge in [-0.25, -0.2) is 13.2 Å². The number of esters is 1. The molecule has 5 nitrogen and oxygen atoms in total. The van der Waals surface area contributed by atoms with Crippen LogP contribution in [0.1, 0.15) is 30.1 Å². The average Bonchev–Trinajstić information content (AvgIpc) is 2.39. The highest BCUT2D eigenvalue weighted by Crippen LogP contribution is 2.23. The number of carbonyl (C=O) groups is 1. The second-order valence-electron chi connectivity index (χ2n) is 4.36. The summed E-state index contributed by atoms with van der Waals surface area (Å²) in [7, 11) is -3.20. The summed E-state index contributed by atoms with van der Waals surface area (Å²) in [4.78, 5) is 11.5. The molecule has 19 heavy (non-hydrogen) atoms. The molecular weight excluding hydrogens is 266 g/mol. The summed E-state index contributed by atoms with van der Waals surface area (Å²) in [5.74, 6) is -0.206. The molecule has 1 heterocycles. The third kappa shape index (κ3) is 3.07. The van der Waals surface area contributed by atoms with E-state index in [4.69, 9.17) is 4.74 Å². The molecule has 0 saturated carbocycles. The number of benzene rings is 1. The van der Waals surface area contributed by atoms with Gasteiger partial charge in [0, 0.05) is 6.54 Å². The average molecular weight is 283 g/mol. The number of nitrogens with zero attached hydrogens (tertiary/aromatic N) is 1. The lowest BCUT2D eigenvalue weighted by Gasteiger charge is -2.28. The van der Waals surface area contributed by atoms with Gasteiger partial charge in [-0.15, -0.1) is 0 Å². The molecule has 0 atom stereocenters. The maximum absolute atomic E-state index is 11.9. The van der Waals surface area contributed by atoms with Crippen LogP contribution in [0.5, 0.6) is 0 Å². The van der Waals surface area contributed by atoms with Crippen molar-refractivity contribution in [3.05, 3.63) is 29.8 Å². The number of sulfonamides is 1. The van der Waals surface area contributed by atoms with E-state index in [2.05, 4.69) is 0 Å². The lowest BCUT2D eigenvalue weighted by atomic mass is 10.2. The molecular formula is C13H17NO4S. The molecule has 2 rings (SSSR count). The van der Waals surface area contributed by atoms with Gasteiger partial charge in [0.15, 0.2) is 0 Å². The Kier molecular flexibility index (Phi) is 4.09. The quantitative estimate of drug-likeness (QED) is 0.793. The van der Waals surface area contributed by atoms with E-state index in [1.807, 2.05) is 0 Å². The van der Waals surface area contributed by atoms with Crippen molar-refractivity contribution in [2.75, 3.05) is 23.2 Å². The minimum Gasteiger partial charge on any atom is -0.462 e. The fourth-order valence-corrected chi connectivity index (χ4v) is 3.70. The van der Waals surface area contributed by atoms with Crippen LogP contribution in [0.3, 0.4) is 0 Å². The van der Waals surface area contributed by atoms with E-state index in [9.17, 15) is 13.2 Å². The van der Waals surface area contributed by atoms with Crippen molar-refractivity contribution >= 4 is 21.7 Å². The predicted octanol–water partition coefficient (Wildman–Crippen LogP) is 1.79. The molecule has 0 spiro atoms.